The average Bonchev–Trinajstić information content (AvgIpc) is 2.96. The van der Waals surface area contributed by atoms with Crippen molar-refractivity contribution in [2.24, 2.45) is 0 Å². The topological polar surface area (TPSA) is 68.6 Å². The summed E-state index contributed by atoms with van der Waals surface area (Å²) in [7, 11) is 1.27. The molecular formula is C31H26FNO4. The van der Waals surface area contributed by atoms with Gasteiger partial charge in [0.25, 0.3) is 0 Å². The van der Waals surface area contributed by atoms with E-state index in [2.05, 4.69) is 0 Å². The van der Waals surface area contributed by atoms with Crippen molar-refractivity contribution < 1.29 is 23.4 Å². The van der Waals surface area contributed by atoms with Gasteiger partial charge in [0.1, 0.15) is 11.4 Å². The monoisotopic (exact) mass is 495 g/mol. The van der Waals surface area contributed by atoms with E-state index in [0.717, 1.165) is 22.8 Å². The van der Waals surface area contributed by atoms with E-state index in [0.29, 0.717) is 5.56 Å². The van der Waals surface area contributed by atoms with Gasteiger partial charge in [-0.2, -0.15) is 5.26 Å². The molecule has 1 atom stereocenters. The minimum Gasteiger partial charge on any atom is -0.467 e. The predicted molar refractivity (Wildman–Crippen MR) is 137 cm³/mol. The van der Waals surface area contributed by atoms with Crippen LogP contribution < -0.4 is 0 Å². The Balaban J connectivity index is 1.70. The fourth-order valence-corrected chi connectivity index (χ4v) is 4.28. The summed E-state index contributed by atoms with van der Waals surface area (Å²) in [5, 5.41) is 9.14. The number of methoxy groups -OCH3 is 1. The normalized spacial score (nSPS) is 11.9. The lowest BCUT2D eigenvalue weighted by atomic mass is 9.80. The van der Waals surface area contributed by atoms with E-state index in [1.165, 1.54) is 19.2 Å². The van der Waals surface area contributed by atoms with Crippen molar-refractivity contribution in [3.05, 3.63) is 143 Å². The molecule has 0 amide bonds. The first-order chi connectivity index (χ1) is 18.1. The zero-order valence-electron chi connectivity index (χ0n) is 20.3. The number of benzene rings is 4. The highest BCUT2D eigenvalue weighted by molar-refractivity contribution is 5.74. The molecule has 0 saturated heterocycles. The van der Waals surface area contributed by atoms with Gasteiger partial charge in [0.2, 0.25) is 0 Å². The average molecular weight is 496 g/mol. The molecule has 186 valence electrons. The molecule has 0 unspecified atom stereocenters. The molecule has 0 fully saturated rings. The van der Waals surface area contributed by atoms with Gasteiger partial charge < -0.3 is 14.2 Å². The number of esters is 1. The molecule has 4 rings (SSSR count). The third kappa shape index (κ3) is 5.92. The number of hydrogen-bond donors (Lipinski definition) is 0. The van der Waals surface area contributed by atoms with Crippen molar-refractivity contribution in [2.45, 2.75) is 18.3 Å². The fraction of sp³-hybridized carbons (Fsp3) is 0.161. The Kier molecular flexibility index (Phi) is 8.42. The molecule has 37 heavy (non-hydrogen) atoms. The molecule has 6 heteroatoms. The number of carbonyl (C=O) groups is 1. The summed E-state index contributed by atoms with van der Waals surface area (Å²) < 4.78 is 31.4. The van der Waals surface area contributed by atoms with Crippen LogP contribution in [0.1, 0.15) is 27.8 Å². The lowest BCUT2D eigenvalue weighted by molar-refractivity contribution is -0.162. The van der Waals surface area contributed by atoms with Crippen LogP contribution in [0.15, 0.2) is 109 Å². The second-order valence-electron chi connectivity index (χ2n) is 8.37. The fourth-order valence-electron chi connectivity index (χ4n) is 4.28. The molecule has 4 aromatic rings. The van der Waals surface area contributed by atoms with E-state index in [1.54, 1.807) is 0 Å². The minimum atomic E-state index is -1.10. The van der Waals surface area contributed by atoms with E-state index in [9.17, 15) is 9.18 Å². The molecule has 0 heterocycles. The Hall–Kier alpha value is -4.31. The molecule has 5 nitrogen and oxygen atoms in total. The van der Waals surface area contributed by atoms with E-state index in [-0.39, 0.29) is 18.8 Å². The lowest BCUT2D eigenvalue weighted by Crippen LogP contribution is -2.39. The van der Waals surface area contributed by atoms with Crippen LogP contribution >= 0.6 is 0 Å². The maximum absolute atomic E-state index is 13.9. The van der Waals surface area contributed by atoms with Gasteiger partial charge in [0.05, 0.1) is 32.0 Å². The van der Waals surface area contributed by atoms with Crippen LogP contribution in [0.25, 0.3) is 0 Å². The number of hydrogen-bond acceptors (Lipinski definition) is 5. The number of ether oxygens (including phenoxy) is 3. The molecule has 0 aromatic heterocycles. The summed E-state index contributed by atoms with van der Waals surface area (Å²) in [5.74, 6) is -1.18. The second kappa shape index (κ2) is 12.1. The molecule has 0 aliphatic rings. The molecule has 0 saturated carbocycles. The number of rotatable bonds is 10. The zero-order chi connectivity index (χ0) is 26.1. The van der Waals surface area contributed by atoms with Crippen molar-refractivity contribution in [1.29, 1.82) is 5.26 Å². The summed E-state index contributed by atoms with van der Waals surface area (Å²) in [5.41, 5.74) is 2.16. The van der Waals surface area contributed by atoms with Crippen molar-refractivity contribution in [3.8, 4) is 6.07 Å². The molecule has 0 N–H and O–H groups in total. The van der Waals surface area contributed by atoms with Crippen molar-refractivity contribution in [2.75, 3.05) is 13.7 Å². The highest BCUT2D eigenvalue weighted by atomic mass is 19.1. The summed E-state index contributed by atoms with van der Waals surface area (Å²) in [6.45, 7) is -0.254. The van der Waals surface area contributed by atoms with Gasteiger partial charge in [0, 0.05) is 0 Å². The van der Waals surface area contributed by atoms with Gasteiger partial charge in [-0.05, 0) is 40.5 Å². The molecule has 0 aliphatic heterocycles. The first kappa shape index (κ1) is 25.8. The molecule has 0 spiro atoms. The molecule has 0 bridgehead atoms. The number of carbonyl (C=O) groups excluding carboxylic acids is 1. The zero-order valence-corrected chi connectivity index (χ0v) is 20.3. The second-order valence-corrected chi connectivity index (χ2v) is 8.37. The maximum atomic E-state index is 13.9. The highest BCUT2D eigenvalue weighted by Gasteiger charge is 2.39. The van der Waals surface area contributed by atoms with Crippen LogP contribution in [0.4, 0.5) is 4.39 Å². The summed E-state index contributed by atoms with van der Waals surface area (Å²) >= 11 is 0. The van der Waals surface area contributed by atoms with Crippen LogP contribution in [0.3, 0.4) is 0 Å². The number of halogens is 1. The number of nitriles is 1. The van der Waals surface area contributed by atoms with Crippen LogP contribution in [0.5, 0.6) is 0 Å². The van der Waals surface area contributed by atoms with Crippen molar-refractivity contribution in [1.82, 2.24) is 0 Å². The molecule has 0 aliphatic carbocycles. The first-order valence-corrected chi connectivity index (χ1v) is 11.8. The van der Waals surface area contributed by atoms with Gasteiger partial charge in [-0.15, -0.1) is 0 Å². The van der Waals surface area contributed by atoms with E-state index in [1.807, 2.05) is 97.1 Å². The molecular weight excluding hydrogens is 469 g/mol. The quantitative estimate of drug-likeness (QED) is 0.207. The maximum Gasteiger partial charge on any atom is 0.337 e. The van der Waals surface area contributed by atoms with Crippen LogP contribution in [0.2, 0.25) is 0 Å². The minimum absolute atomic E-state index is 0.107. The summed E-state index contributed by atoms with van der Waals surface area (Å²) in [6, 6.07) is 35.1. The van der Waals surface area contributed by atoms with Crippen molar-refractivity contribution in [3.63, 3.8) is 0 Å². The van der Waals surface area contributed by atoms with Gasteiger partial charge in [0.15, 0.2) is 6.10 Å². The van der Waals surface area contributed by atoms with E-state index < -0.39 is 23.5 Å². The van der Waals surface area contributed by atoms with Crippen molar-refractivity contribution >= 4 is 5.97 Å². The summed E-state index contributed by atoms with van der Waals surface area (Å²) in [6.07, 6.45) is -1.10. The largest absolute Gasteiger partial charge is 0.467 e. The predicted octanol–water partition coefficient (Wildman–Crippen LogP) is 5.76. The Bertz CT molecular complexity index is 1260. The highest BCUT2D eigenvalue weighted by Crippen LogP contribution is 2.40. The van der Waals surface area contributed by atoms with Crippen LogP contribution in [0, 0.1) is 17.1 Å². The van der Waals surface area contributed by atoms with Gasteiger partial charge >= 0.3 is 5.97 Å². The Morgan fingerprint density at radius 3 is 1.84 bits per heavy atom. The van der Waals surface area contributed by atoms with Crippen LogP contribution in [-0.2, 0) is 31.2 Å². The standard InChI is InChI=1S/C31H26FNO4/c1-35-30(34)29(36-21-24-17-23(20-33)18-28(32)19-24)22-37-31(25-11-5-2-6-12-25,26-13-7-3-8-14-26)27-15-9-4-10-16-27/h2-19,29H,21-22H2,1H3/t29-/m0/s1. The van der Waals surface area contributed by atoms with Gasteiger partial charge in [-0.3, -0.25) is 0 Å². The Labute approximate surface area is 215 Å². The SMILES string of the molecule is COC(=O)[C@H](COC(c1ccccc1)(c1ccccc1)c1ccccc1)OCc1cc(F)cc(C#N)c1. The third-order valence-electron chi connectivity index (χ3n) is 5.99. The molecule has 4 aromatic carbocycles. The smallest absolute Gasteiger partial charge is 0.337 e. The van der Waals surface area contributed by atoms with E-state index >= 15 is 0 Å². The number of nitrogens with zero attached hydrogens (tertiary/aromatic N) is 1. The third-order valence-corrected chi connectivity index (χ3v) is 5.99. The Morgan fingerprint density at radius 2 is 1.38 bits per heavy atom. The lowest BCUT2D eigenvalue weighted by Gasteiger charge is -2.36. The van der Waals surface area contributed by atoms with Gasteiger partial charge in [-0.1, -0.05) is 91.0 Å². The van der Waals surface area contributed by atoms with Crippen LogP contribution in [-0.4, -0.2) is 25.8 Å². The van der Waals surface area contributed by atoms with E-state index in [4.69, 9.17) is 19.5 Å². The Morgan fingerprint density at radius 1 is 0.865 bits per heavy atom. The summed E-state index contributed by atoms with van der Waals surface area (Å²) in [4.78, 5) is 12.7. The molecule has 0 radical (unpaired) electrons. The van der Waals surface area contributed by atoms with Gasteiger partial charge in [-0.25, -0.2) is 9.18 Å². The first-order valence-electron chi connectivity index (χ1n) is 11.8.